The van der Waals surface area contributed by atoms with Crippen molar-refractivity contribution in [3.63, 3.8) is 0 Å². The zero-order chi connectivity index (χ0) is 18.6. The van der Waals surface area contributed by atoms with Gasteiger partial charge >= 0.3 is 0 Å². The van der Waals surface area contributed by atoms with E-state index in [4.69, 9.17) is 4.74 Å². The van der Waals surface area contributed by atoms with E-state index < -0.39 is 0 Å². The third-order valence-electron chi connectivity index (χ3n) is 3.75. The number of rotatable bonds is 10. The fourth-order valence-electron chi connectivity index (χ4n) is 2.35. The van der Waals surface area contributed by atoms with Gasteiger partial charge in [-0.1, -0.05) is 12.1 Å². The summed E-state index contributed by atoms with van der Waals surface area (Å²) in [5, 5.41) is 10.9. The molecule has 0 saturated heterocycles. The summed E-state index contributed by atoms with van der Waals surface area (Å²) in [4.78, 5) is 6.79. The van der Waals surface area contributed by atoms with Gasteiger partial charge in [0.1, 0.15) is 5.75 Å². The van der Waals surface area contributed by atoms with Crippen molar-refractivity contribution in [1.29, 1.82) is 0 Å². The van der Waals surface area contributed by atoms with Crippen molar-refractivity contribution in [2.24, 2.45) is 4.99 Å². The molecule has 142 valence electrons. The lowest BCUT2D eigenvalue weighted by molar-refractivity contribution is 0.281. The molecule has 0 amide bonds. The van der Waals surface area contributed by atoms with E-state index in [2.05, 4.69) is 70.5 Å². The van der Waals surface area contributed by atoms with Gasteiger partial charge in [0, 0.05) is 19.6 Å². The van der Waals surface area contributed by atoms with Crippen LogP contribution in [-0.4, -0.2) is 44.7 Å². The van der Waals surface area contributed by atoms with Gasteiger partial charge in [0.05, 0.1) is 13.2 Å². The third kappa shape index (κ3) is 7.89. The Bertz CT molecular complexity index is 638. The number of nitrogens with zero attached hydrogens (tertiary/aromatic N) is 2. The minimum absolute atomic E-state index is 0.693. The Morgan fingerprint density at radius 2 is 1.92 bits per heavy atom. The van der Waals surface area contributed by atoms with Crippen LogP contribution in [0.1, 0.15) is 24.5 Å². The molecule has 0 spiro atoms. The second kappa shape index (κ2) is 11.5. The Kier molecular flexibility index (Phi) is 9.00. The average molecular weight is 375 g/mol. The number of guanidine groups is 1. The van der Waals surface area contributed by atoms with Crippen LogP contribution in [0.5, 0.6) is 5.75 Å². The molecule has 0 aliphatic rings. The summed E-state index contributed by atoms with van der Waals surface area (Å²) in [6.07, 6.45) is 1.03. The second-order valence-electron chi connectivity index (χ2n) is 6.33. The van der Waals surface area contributed by atoms with Crippen LogP contribution in [0.15, 0.2) is 46.1 Å². The van der Waals surface area contributed by atoms with Crippen LogP contribution in [0.2, 0.25) is 0 Å². The number of aliphatic imine (C=N–C) groups is 1. The Balaban J connectivity index is 1.78. The maximum Gasteiger partial charge on any atom is 0.191 e. The van der Waals surface area contributed by atoms with Crippen molar-refractivity contribution >= 4 is 17.3 Å². The Morgan fingerprint density at radius 1 is 1.12 bits per heavy atom. The van der Waals surface area contributed by atoms with Crippen LogP contribution in [0, 0.1) is 0 Å². The van der Waals surface area contributed by atoms with E-state index in [1.165, 1.54) is 11.1 Å². The van der Waals surface area contributed by atoms with Gasteiger partial charge in [-0.2, -0.15) is 11.3 Å². The smallest absolute Gasteiger partial charge is 0.191 e. The van der Waals surface area contributed by atoms with Crippen molar-refractivity contribution in [3.8, 4) is 5.75 Å². The molecule has 26 heavy (non-hydrogen) atoms. The lowest BCUT2D eigenvalue weighted by Crippen LogP contribution is -2.36. The van der Waals surface area contributed by atoms with Crippen molar-refractivity contribution in [3.05, 3.63) is 52.2 Å². The minimum atomic E-state index is 0.693. The molecule has 2 rings (SSSR count). The maximum absolute atomic E-state index is 5.77. The van der Waals surface area contributed by atoms with Gasteiger partial charge in [-0.3, -0.25) is 0 Å². The van der Waals surface area contributed by atoms with Crippen LogP contribution in [0.25, 0.3) is 0 Å². The van der Waals surface area contributed by atoms with Gasteiger partial charge in [0.15, 0.2) is 5.96 Å². The number of thiophene rings is 1. The van der Waals surface area contributed by atoms with E-state index in [0.29, 0.717) is 6.54 Å². The summed E-state index contributed by atoms with van der Waals surface area (Å²) < 4.78 is 5.77. The lowest BCUT2D eigenvalue weighted by atomic mass is 10.2. The second-order valence-corrected chi connectivity index (χ2v) is 7.11. The Morgan fingerprint density at radius 3 is 2.58 bits per heavy atom. The number of benzene rings is 1. The van der Waals surface area contributed by atoms with Crippen molar-refractivity contribution in [2.45, 2.75) is 26.4 Å². The highest BCUT2D eigenvalue weighted by molar-refractivity contribution is 7.07. The highest BCUT2D eigenvalue weighted by Gasteiger charge is 2.00. The van der Waals surface area contributed by atoms with E-state index >= 15 is 0 Å². The number of ether oxygens (including phenoxy) is 1. The summed E-state index contributed by atoms with van der Waals surface area (Å²) in [5.41, 5.74) is 2.44. The first-order chi connectivity index (χ1) is 12.7. The molecule has 1 aromatic heterocycles. The summed E-state index contributed by atoms with van der Waals surface area (Å²) in [6.45, 7) is 6.13. The SMILES string of the molecule is CCNC(=NCc1ccsc1)NCc1ccc(OCCCN(C)C)cc1. The molecule has 6 heteroatoms. The van der Waals surface area contributed by atoms with Gasteiger partial charge in [-0.15, -0.1) is 0 Å². The van der Waals surface area contributed by atoms with Gasteiger partial charge in [0.2, 0.25) is 0 Å². The van der Waals surface area contributed by atoms with Crippen LogP contribution in [0.3, 0.4) is 0 Å². The monoisotopic (exact) mass is 374 g/mol. The molecule has 2 N–H and O–H groups in total. The molecule has 0 radical (unpaired) electrons. The highest BCUT2D eigenvalue weighted by Crippen LogP contribution is 2.12. The predicted molar refractivity (Wildman–Crippen MR) is 111 cm³/mol. The molecule has 0 aliphatic carbocycles. The minimum Gasteiger partial charge on any atom is -0.494 e. The maximum atomic E-state index is 5.77. The number of hydrogen-bond donors (Lipinski definition) is 2. The van der Waals surface area contributed by atoms with Gasteiger partial charge in [-0.25, -0.2) is 4.99 Å². The number of hydrogen-bond acceptors (Lipinski definition) is 4. The topological polar surface area (TPSA) is 48.9 Å². The fourth-order valence-corrected chi connectivity index (χ4v) is 3.01. The van der Waals surface area contributed by atoms with E-state index in [0.717, 1.165) is 44.4 Å². The van der Waals surface area contributed by atoms with Crippen LogP contribution in [-0.2, 0) is 13.1 Å². The molecule has 0 aliphatic heterocycles. The molecule has 5 nitrogen and oxygen atoms in total. The summed E-state index contributed by atoms with van der Waals surface area (Å²) in [5.74, 6) is 1.76. The molecule has 0 bridgehead atoms. The molecule has 0 unspecified atom stereocenters. The van der Waals surface area contributed by atoms with Gasteiger partial charge < -0.3 is 20.3 Å². The molecular formula is C20H30N4OS. The molecule has 1 aromatic carbocycles. The largest absolute Gasteiger partial charge is 0.494 e. The standard InChI is InChI=1S/C20H30N4OS/c1-4-21-20(23-15-18-10-13-26-16-18)22-14-17-6-8-19(9-7-17)25-12-5-11-24(2)3/h6-10,13,16H,4-5,11-12,14-15H2,1-3H3,(H2,21,22,23). The van der Waals surface area contributed by atoms with Gasteiger partial charge in [-0.05, 0) is 67.5 Å². The predicted octanol–water partition coefficient (Wildman–Crippen LogP) is 3.33. The molecule has 0 fully saturated rings. The van der Waals surface area contributed by atoms with Gasteiger partial charge in [0.25, 0.3) is 0 Å². The Labute approximate surface area is 161 Å². The lowest BCUT2D eigenvalue weighted by Gasteiger charge is -2.12. The van der Waals surface area contributed by atoms with E-state index in [1.54, 1.807) is 11.3 Å². The van der Waals surface area contributed by atoms with E-state index in [9.17, 15) is 0 Å². The zero-order valence-electron chi connectivity index (χ0n) is 16.0. The van der Waals surface area contributed by atoms with Crippen molar-refractivity contribution < 1.29 is 4.74 Å². The third-order valence-corrected chi connectivity index (χ3v) is 4.48. The Hall–Kier alpha value is -2.05. The van der Waals surface area contributed by atoms with Crippen LogP contribution in [0.4, 0.5) is 0 Å². The van der Waals surface area contributed by atoms with Crippen LogP contribution >= 0.6 is 11.3 Å². The normalized spacial score (nSPS) is 11.6. The fraction of sp³-hybridized carbons (Fsp3) is 0.450. The molecule has 0 saturated carbocycles. The van der Waals surface area contributed by atoms with Crippen LogP contribution < -0.4 is 15.4 Å². The first-order valence-corrected chi connectivity index (χ1v) is 10.0. The quantitative estimate of drug-likeness (QED) is 0.380. The van der Waals surface area contributed by atoms with Crippen molar-refractivity contribution in [1.82, 2.24) is 15.5 Å². The van der Waals surface area contributed by atoms with E-state index in [-0.39, 0.29) is 0 Å². The summed E-state index contributed by atoms with van der Waals surface area (Å²) in [7, 11) is 4.15. The molecule has 2 aromatic rings. The summed E-state index contributed by atoms with van der Waals surface area (Å²) >= 11 is 1.70. The number of nitrogens with one attached hydrogen (secondary N) is 2. The average Bonchev–Trinajstić information content (AvgIpc) is 3.15. The molecular weight excluding hydrogens is 344 g/mol. The molecule has 1 heterocycles. The molecule has 0 atom stereocenters. The first-order valence-electron chi connectivity index (χ1n) is 9.07. The van der Waals surface area contributed by atoms with Crippen molar-refractivity contribution in [2.75, 3.05) is 33.8 Å². The summed E-state index contributed by atoms with van der Waals surface area (Å²) in [6, 6.07) is 10.4. The highest BCUT2D eigenvalue weighted by atomic mass is 32.1. The zero-order valence-corrected chi connectivity index (χ0v) is 16.8. The van der Waals surface area contributed by atoms with E-state index in [1.807, 2.05) is 12.1 Å². The first kappa shape index (κ1) is 20.3.